The van der Waals surface area contributed by atoms with Gasteiger partial charge in [0, 0.05) is 25.6 Å². The molecule has 1 aliphatic rings. The Kier molecular flexibility index (Phi) is 9.14. The summed E-state index contributed by atoms with van der Waals surface area (Å²) in [6.45, 7) is 4.77. The molecule has 1 aliphatic heterocycles. The molecule has 0 saturated heterocycles. The summed E-state index contributed by atoms with van der Waals surface area (Å²) >= 11 is 1.08. The summed E-state index contributed by atoms with van der Waals surface area (Å²) in [5.74, 6) is -1.38. The van der Waals surface area contributed by atoms with Crippen molar-refractivity contribution in [2.24, 2.45) is 5.92 Å². The molecule has 3 aromatic rings. The first-order chi connectivity index (χ1) is 19.0. The number of carbonyl (C=O) groups excluding carboxylic acids is 1. The monoisotopic (exact) mass is 587 g/mol. The van der Waals surface area contributed by atoms with E-state index < -0.39 is 28.1 Å². The van der Waals surface area contributed by atoms with Crippen LogP contribution in [0.3, 0.4) is 0 Å². The number of anilines is 1. The molecule has 0 radical (unpaired) electrons. The second-order valence-electron chi connectivity index (χ2n) is 10.0. The van der Waals surface area contributed by atoms with Crippen molar-refractivity contribution in [1.82, 2.24) is 9.80 Å². The molecule has 3 N–H and O–H groups in total. The zero-order chi connectivity index (χ0) is 29.0. The number of rotatable bonds is 10. The minimum atomic E-state index is -3.91. The van der Waals surface area contributed by atoms with Gasteiger partial charge in [0.15, 0.2) is 5.75 Å². The average molecular weight is 588 g/mol. The number of thiophene rings is 1. The van der Waals surface area contributed by atoms with Crippen LogP contribution in [0.4, 0.5) is 5.69 Å². The van der Waals surface area contributed by atoms with E-state index in [1.165, 1.54) is 6.07 Å². The van der Waals surface area contributed by atoms with Crippen molar-refractivity contribution < 1.29 is 33.0 Å². The van der Waals surface area contributed by atoms with Crippen LogP contribution in [0.5, 0.6) is 5.75 Å². The molecule has 40 heavy (non-hydrogen) atoms. The summed E-state index contributed by atoms with van der Waals surface area (Å²) in [7, 11) is -2.00. The number of carboxylic acids is 1. The van der Waals surface area contributed by atoms with E-state index >= 15 is 0 Å². The highest BCUT2D eigenvalue weighted by Crippen LogP contribution is 2.36. The Labute approximate surface area is 237 Å². The van der Waals surface area contributed by atoms with Crippen LogP contribution < -0.4 is 9.46 Å². The van der Waals surface area contributed by atoms with Gasteiger partial charge in [-0.25, -0.2) is 13.2 Å². The number of nitrogens with zero attached hydrogens (tertiary/aromatic N) is 2. The molecular formula is C28H33N3O7S2. The minimum absolute atomic E-state index is 0.136. The Morgan fingerprint density at radius 3 is 2.55 bits per heavy atom. The number of ether oxygens (including phenoxy) is 1. The Hall–Kier alpha value is -3.45. The van der Waals surface area contributed by atoms with Crippen molar-refractivity contribution in [3.63, 3.8) is 0 Å². The molecule has 0 unspecified atom stereocenters. The number of nitrogens with one attached hydrogen (secondary N) is 1. The number of carboxylic acid groups (broad SMARTS) is 1. The highest BCUT2D eigenvalue weighted by atomic mass is 32.2. The number of para-hydroxylation sites is 1. The fourth-order valence-electron chi connectivity index (χ4n) is 4.59. The summed E-state index contributed by atoms with van der Waals surface area (Å²) in [5.41, 5.74) is 1.49. The van der Waals surface area contributed by atoms with Gasteiger partial charge in [-0.15, -0.1) is 11.3 Å². The predicted molar refractivity (Wildman–Crippen MR) is 152 cm³/mol. The van der Waals surface area contributed by atoms with Gasteiger partial charge in [0.1, 0.15) is 10.3 Å². The molecule has 2 aromatic carbocycles. The number of aliphatic hydroxyl groups is 1. The number of fused-ring (bicyclic) bond motifs is 1. The third-order valence-corrected chi connectivity index (χ3v) is 9.60. The van der Waals surface area contributed by atoms with Crippen LogP contribution in [0.15, 0.2) is 64.2 Å². The normalized spacial score (nSPS) is 18.4. The number of amides is 1. The smallest absolute Gasteiger partial charge is 0.335 e. The lowest BCUT2D eigenvalue weighted by atomic mass is 9.99. The molecule has 12 heteroatoms. The van der Waals surface area contributed by atoms with Gasteiger partial charge in [-0.05, 0) is 55.2 Å². The van der Waals surface area contributed by atoms with Gasteiger partial charge in [0.25, 0.3) is 15.9 Å². The fourth-order valence-corrected chi connectivity index (χ4v) is 6.64. The highest BCUT2D eigenvalue weighted by Gasteiger charge is 2.35. The number of hydrogen-bond donors (Lipinski definition) is 3. The number of aromatic carboxylic acids is 1. The average Bonchev–Trinajstić information content (AvgIpc) is 3.47. The fraction of sp³-hybridized carbons (Fsp3) is 0.357. The van der Waals surface area contributed by atoms with Crippen LogP contribution in [-0.4, -0.2) is 79.2 Å². The lowest BCUT2D eigenvalue weighted by molar-refractivity contribution is 0.0344. The van der Waals surface area contributed by atoms with Gasteiger partial charge in [0.05, 0.1) is 29.5 Å². The van der Waals surface area contributed by atoms with Gasteiger partial charge in [-0.1, -0.05) is 31.2 Å². The first kappa shape index (κ1) is 29.5. The summed E-state index contributed by atoms with van der Waals surface area (Å²) in [5, 5.41) is 20.7. The lowest BCUT2D eigenvalue weighted by Gasteiger charge is -2.38. The summed E-state index contributed by atoms with van der Waals surface area (Å²) < 4.78 is 35.3. The second kappa shape index (κ2) is 12.4. The topological polar surface area (TPSA) is 136 Å². The maximum Gasteiger partial charge on any atom is 0.335 e. The maximum atomic E-state index is 13.6. The van der Waals surface area contributed by atoms with Gasteiger partial charge in [0.2, 0.25) is 0 Å². The van der Waals surface area contributed by atoms with E-state index in [1.54, 1.807) is 65.7 Å². The molecular weight excluding hydrogens is 554 g/mol. The molecule has 0 fully saturated rings. The Balaban J connectivity index is 1.66. The van der Waals surface area contributed by atoms with Crippen molar-refractivity contribution >= 4 is 38.9 Å². The van der Waals surface area contributed by atoms with Crippen molar-refractivity contribution in [2.45, 2.75) is 36.7 Å². The number of likely N-dealkylation sites (N-methyl/N-ethyl adjacent to an activating group) is 1. The number of benzene rings is 2. The van der Waals surface area contributed by atoms with Crippen LogP contribution in [0.1, 0.15) is 40.1 Å². The second-order valence-corrected chi connectivity index (χ2v) is 12.9. The summed E-state index contributed by atoms with van der Waals surface area (Å²) in [6, 6.07) is 14.1. The summed E-state index contributed by atoms with van der Waals surface area (Å²) in [6.07, 6.45) is -0.448. The van der Waals surface area contributed by atoms with E-state index in [0.717, 1.165) is 16.9 Å². The van der Waals surface area contributed by atoms with Gasteiger partial charge in [-0.2, -0.15) is 0 Å². The van der Waals surface area contributed by atoms with Crippen LogP contribution in [0.25, 0.3) is 0 Å². The largest absolute Gasteiger partial charge is 0.486 e. The first-order valence-electron chi connectivity index (χ1n) is 12.8. The number of carbonyl (C=O) groups is 2. The number of sulfonamides is 1. The van der Waals surface area contributed by atoms with E-state index in [-0.39, 0.29) is 45.2 Å². The van der Waals surface area contributed by atoms with Crippen LogP contribution in [0.2, 0.25) is 0 Å². The first-order valence-corrected chi connectivity index (χ1v) is 15.1. The zero-order valence-corrected chi connectivity index (χ0v) is 24.1. The van der Waals surface area contributed by atoms with E-state index in [4.69, 9.17) is 9.84 Å². The van der Waals surface area contributed by atoms with Crippen LogP contribution >= 0.6 is 11.3 Å². The number of hydrogen-bond acceptors (Lipinski definition) is 8. The molecule has 1 aromatic heterocycles. The number of aliphatic hydroxyl groups excluding tert-OH is 1. The summed E-state index contributed by atoms with van der Waals surface area (Å²) in [4.78, 5) is 28.4. The molecule has 10 nitrogen and oxygen atoms in total. The van der Waals surface area contributed by atoms with Gasteiger partial charge in [-0.3, -0.25) is 14.4 Å². The van der Waals surface area contributed by atoms with Crippen molar-refractivity contribution in [1.29, 1.82) is 0 Å². The molecule has 214 valence electrons. The van der Waals surface area contributed by atoms with Crippen LogP contribution in [0, 0.1) is 5.92 Å². The standard InChI is InChI=1S/C28H33N3O7S2/c1-18-14-31(19(2)17-32)27(33)22-6-4-7-23(29-40(36,37)25-8-5-13-39-25)26(22)38-24(18)16-30(3)15-20-9-11-21(12-10-20)28(34)35/h4-13,18-19,24,29,32H,14-17H2,1-3H3,(H,34,35)/t18-,19-,24+/m1/s1. The third kappa shape index (κ3) is 6.64. The van der Waals surface area contributed by atoms with Gasteiger partial charge < -0.3 is 19.8 Å². The third-order valence-electron chi connectivity index (χ3n) is 6.84. The quantitative estimate of drug-likeness (QED) is 0.327. The molecule has 1 amide bonds. The Morgan fingerprint density at radius 1 is 1.20 bits per heavy atom. The molecule has 0 aliphatic carbocycles. The molecule has 0 bridgehead atoms. The maximum absolute atomic E-state index is 13.6. The SMILES string of the molecule is C[C@@H]1CN([C@H](C)CO)C(=O)c2cccc(NS(=O)(=O)c3cccs3)c2O[C@H]1CN(C)Cc1ccc(C(=O)O)cc1. The van der Waals surface area contributed by atoms with E-state index in [0.29, 0.717) is 19.6 Å². The van der Waals surface area contributed by atoms with E-state index in [1.807, 2.05) is 18.9 Å². The van der Waals surface area contributed by atoms with Crippen molar-refractivity contribution in [2.75, 3.05) is 31.5 Å². The van der Waals surface area contributed by atoms with Crippen molar-refractivity contribution in [3.8, 4) is 5.75 Å². The van der Waals surface area contributed by atoms with Crippen molar-refractivity contribution in [3.05, 3.63) is 76.7 Å². The zero-order valence-electron chi connectivity index (χ0n) is 22.5. The minimum Gasteiger partial charge on any atom is -0.486 e. The molecule has 0 spiro atoms. The van der Waals surface area contributed by atoms with Gasteiger partial charge >= 0.3 is 5.97 Å². The molecule has 3 atom stereocenters. The Morgan fingerprint density at radius 2 is 1.93 bits per heavy atom. The van der Waals surface area contributed by atoms with E-state index in [2.05, 4.69) is 4.72 Å². The molecule has 4 rings (SSSR count). The highest BCUT2D eigenvalue weighted by molar-refractivity contribution is 7.94. The van der Waals surface area contributed by atoms with Crippen LogP contribution in [-0.2, 0) is 16.6 Å². The lowest BCUT2D eigenvalue weighted by Crippen LogP contribution is -2.49. The van der Waals surface area contributed by atoms with E-state index in [9.17, 15) is 23.1 Å². The molecule has 0 saturated carbocycles. The Bertz CT molecular complexity index is 1440. The molecule has 2 heterocycles. The predicted octanol–water partition coefficient (Wildman–Crippen LogP) is 3.60.